The molecule has 0 saturated heterocycles. The number of ether oxygens (including phenoxy) is 1. The van der Waals surface area contributed by atoms with E-state index in [0.717, 1.165) is 17.7 Å². The first-order valence-electron chi connectivity index (χ1n) is 8.30. The molecule has 5 heteroatoms. The van der Waals surface area contributed by atoms with Crippen LogP contribution in [0.4, 0.5) is 10.1 Å². The Morgan fingerprint density at radius 3 is 2.60 bits per heavy atom. The molecule has 0 aliphatic carbocycles. The van der Waals surface area contributed by atoms with Gasteiger partial charge in [-0.1, -0.05) is 30.3 Å². The van der Waals surface area contributed by atoms with Gasteiger partial charge in [0.05, 0.1) is 6.42 Å². The summed E-state index contributed by atoms with van der Waals surface area (Å²) in [6.07, 6.45) is -0.0797. The highest BCUT2D eigenvalue weighted by atomic mass is 19.1. The molecule has 3 rings (SSSR count). The van der Waals surface area contributed by atoms with E-state index in [-0.39, 0.29) is 24.2 Å². The van der Waals surface area contributed by atoms with Crippen LogP contribution in [0.2, 0.25) is 0 Å². The Balaban J connectivity index is 1.64. The first-order chi connectivity index (χ1) is 12.0. The summed E-state index contributed by atoms with van der Waals surface area (Å²) in [5, 5.41) is 0. The number of carbonyl (C=O) groups excluding carboxylic acids is 2. The van der Waals surface area contributed by atoms with Gasteiger partial charge in [0.1, 0.15) is 5.82 Å². The maximum absolute atomic E-state index is 12.9. The van der Waals surface area contributed by atoms with Crippen molar-refractivity contribution in [3.63, 3.8) is 0 Å². The summed E-state index contributed by atoms with van der Waals surface area (Å²) in [5.41, 5.74) is 2.64. The lowest BCUT2D eigenvalue weighted by Gasteiger charge is -2.26. The van der Waals surface area contributed by atoms with Crippen LogP contribution in [0.3, 0.4) is 0 Å². The zero-order chi connectivity index (χ0) is 18.0. The molecule has 0 spiro atoms. The van der Waals surface area contributed by atoms with Gasteiger partial charge in [-0.15, -0.1) is 0 Å². The number of fused-ring (bicyclic) bond motifs is 1. The van der Waals surface area contributed by atoms with Crippen LogP contribution in [0.1, 0.15) is 25.0 Å². The van der Waals surface area contributed by atoms with E-state index in [1.807, 2.05) is 31.2 Å². The van der Waals surface area contributed by atoms with Gasteiger partial charge in [-0.2, -0.15) is 0 Å². The van der Waals surface area contributed by atoms with Crippen LogP contribution >= 0.6 is 0 Å². The Morgan fingerprint density at radius 2 is 1.88 bits per heavy atom. The average molecular weight is 341 g/mol. The van der Waals surface area contributed by atoms with Gasteiger partial charge >= 0.3 is 5.97 Å². The van der Waals surface area contributed by atoms with Crippen LogP contribution in [0, 0.1) is 5.82 Å². The van der Waals surface area contributed by atoms with Crippen molar-refractivity contribution in [3.05, 3.63) is 65.5 Å². The monoisotopic (exact) mass is 341 g/mol. The lowest BCUT2D eigenvalue weighted by atomic mass is 10.1. The van der Waals surface area contributed by atoms with Gasteiger partial charge in [-0.25, -0.2) is 4.39 Å². The minimum Gasteiger partial charge on any atom is -0.452 e. The van der Waals surface area contributed by atoms with Crippen molar-refractivity contribution in [2.24, 2.45) is 0 Å². The molecule has 0 N–H and O–H groups in total. The Hall–Kier alpha value is -2.69. The zero-order valence-corrected chi connectivity index (χ0v) is 14.2. The molecule has 0 fully saturated rings. The maximum atomic E-state index is 12.9. The highest BCUT2D eigenvalue weighted by Gasteiger charge is 2.34. The van der Waals surface area contributed by atoms with E-state index >= 15 is 0 Å². The smallest absolute Gasteiger partial charge is 0.311 e. The molecule has 2 atom stereocenters. The van der Waals surface area contributed by atoms with E-state index < -0.39 is 12.1 Å². The molecule has 2 aromatic rings. The third-order valence-electron chi connectivity index (χ3n) is 4.36. The molecule has 0 bridgehead atoms. The predicted molar refractivity (Wildman–Crippen MR) is 92.8 cm³/mol. The second-order valence-electron chi connectivity index (χ2n) is 6.33. The lowest BCUT2D eigenvalue weighted by Crippen LogP contribution is -2.43. The van der Waals surface area contributed by atoms with E-state index in [0.29, 0.717) is 5.56 Å². The number of amides is 1. The van der Waals surface area contributed by atoms with Crippen molar-refractivity contribution in [2.75, 3.05) is 4.90 Å². The van der Waals surface area contributed by atoms with E-state index in [4.69, 9.17) is 4.74 Å². The zero-order valence-electron chi connectivity index (χ0n) is 14.2. The molecule has 0 radical (unpaired) electrons. The molecule has 1 heterocycles. The van der Waals surface area contributed by atoms with Gasteiger partial charge in [0, 0.05) is 11.7 Å². The van der Waals surface area contributed by atoms with Crippen LogP contribution in [0.5, 0.6) is 0 Å². The van der Waals surface area contributed by atoms with Crippen LogP contribution in [0.25, 0.3) is 0 Å². The quantitative estimate of drug-likeness (QED) is 0.802. The van der Waals surface area contributed by atoms with Crippen molar-refractivity contribution >= 4 is 17.6 Å². The number of anilines is 1. The molecule has 25 heavy (non-hydrogen) atoms. The van der Waals surface area contributed by atoms with E-state index in [2.05, 4.69) is 0 Å². The summed E-state index contributed by atoms with van der Waals surface area (Å²) in [6, 6.07) is 13.4. The number of hydrogen-bond acceptors (Lipinski definition) is 3. The second-order valence-corrected chi connectivity index (χ2v) is 6.33. The highest BCUT2D eigenvalue weighted by molar-refractivity contribution is 5.99. The molecule has 1 aliphatic heterocycles. The summed E-state index contributed by atoms with van der Waals surface area (Å²) >= 11 is 0. The largest absolute Gasteiger partial charge is 0.452 e. The first-order valence-corrected chi connectivity index (χ1v) is 8.30. The SMILES string of the molecule is C[C@@H]1Cc2ccccc2N1C(=O)[C@@H](C)OC(=O)Cc1ccc(F)cc1. The third-order valence-corrected chi connectivity index (χ3v) is 4.36. The number of halogens is 1. The topological polar surface area (TPSA) is 46.6 Å². The molecule has 2 aromatic carbocycles. The Labute approximate surface area is 146 Å². The van der Waals surface area contributed by atoms with Crippen LogP contribution < -0.4 is 4.90 Å². The van der Waals surface area contributed by atoms with E-state index in [9.17, 15) is 14.0 Å². The number of para-hydroxylation sites is 1. The fraction of sp³-hybridized carbons (Fsp3) is 0.300. The maximum Gasteiger partial charge on any atom is 0.311 e. The molecule has 0 saturated carbocycles. The first kappa shape index (κ1) is 17.1. The molecule has 1 amide bonds. The van der Waals surface area contributed by atoms with Crippen molar-refractivity contribution in [3.8, 4) is 0 Å². The van der Waals surface area contributed by atoms with Gasteiger partial charge in [0.15, 0.2) is 6.10 Å². The van der Waals surface area contributed by atoms with Crippen molar-refractivity contribution < 1.29 is 18.7 Å². The Kier molecular flexibility index (Phi) is 4.83. The van der Waals surface area contributed by atoms with E-state index in [1.165, 1.54) is 24.3 Å². The fourth-order valence-electron chi connectivity index (χ4n) is 3.16. The molecule has 1 aliphatic rings. The van der Waals surface area contributed by atoms with E-state index in [1.54, 1.807) is 11.8 Å². The molecule has 4 nitrogen and oxygen atoms in total. The average Bonchev–Trinajstić information content (AvgIpc) is 2.91. The van der Waals surface area contributed by atoms with Gasteiger partial charge in [0.25, 0.3) is 5.91 Å². The minimum absolute atomic E-state index is 0.00401. The molecular formula is C20H20FNO3. The normalized spacial score (nSPS) is 17.1. The van der Waals surface area contributed by atoms with Gasteiger partial charge in [-0.3, -0.25) is 9.59 Å². The van der Waals surface area contributed by atoms with Gasteiger partial charge in [-0.05, 0) is 49.6 Å². The summed E-state index contributed by atoms with van der Waals surface area (Å²) in [6.45, 7) is 3.56. The summed E-state index contributed by atoms with van der Waals surface area (Å²) in [7, 11) is 0. The van der Waals surface area contributed by atoms with Crippen molar-refractivity contribution in [1.29, 1.82) is 0 Å². The highest BCUT2D eigenvalue weighted by Crippen LogP contribution is 2.32. The Morgan fingerprint density at radius 1 is 1.20 bits per heavy atom. The predicted octanol–water partition coefficient (Wildman–Crippen LogP) is 3.28. The number of rotatable bonds is 4. The Bertz CT molecular complexity index is 788. The van der Waals surface area contributed by atoms with Crippen LogP contribution in [-0.4, -0.2) is 24.0 Å². The number of carbonyl (C=O) groups is 2. The van der Waals surface area contributed by atoms with Crippen molar-refractivity contribution in [1.82, 2.24) is 0 Å². The van der Waals surface area contributed by atoms with Crippen molar-refractivity contribution in [2.45, 2.75) is 38.8 Å². The van der Waals surface area contributed by atoms with Gasteiger partial charge in [0.2, 0.25) is 0 Å². The van der Waals surface area contributed by atoms with Crippen LogP contribution in [0.15, 0.2) is 48.5 Å². The second kappa shape index (κ2) is 7.05. The molecule has 130 valence electrons. The number of hydrogen-bond donors (Lipinski definition) is 0. The fourth-order valence-corrected chi connectivity index (χ4v) is 3.16. The summed E-state index contributed by atoms with van der Waals surface area (Å²) in [5.74, 6) is -1.10. The summed E-state index contributed by atoms with van der Waals surface area (Å²) in [4.78, 5) is 26.5. The molecule has 0 unspecified atom stereocenters. The van der Waals surface area contributed by atoms with Gasteiger partial charge < -0.3 is 9.64 Å². The third kappa shape index (κ3) is 3.71. The number of nitrogens with zero attached hydrogens (tertiary/aromatic N) is 1. The summed E-state index contributed by atoms with van der Waals surface area (Å²) < 4.78 is 18.2. The number of esters is 1. The minimum atomic E-state index is -0.874. The molecule has 0 aromatic heterocycles. The van der Waals surface area contributed by atoms with Crippen LogP contribution in [-0.2, 0) is 27.2 Å². The standard InChI is InChI=1S/C20H20FNO3/c1-13-11-16-5-3-4-6-18(16)22(13)20(24)14(2)25-19(23)12-15-7-9-17(21)10-8-15/h3-10,13-14H,11-12H2,1-2H3/t13-,14-/m1/s1. The number of benzene rings is 2. The lowest BCUT2D eigenvalue weighted by molar-refractivity contribution is -0.153. The molecular weight excluding hydrogens is 321 g/mol.